The quantitative estimate of drug-likeness (QED) is 0.251. The number of hydrogen-bond donors (Lipinski definition) is 1. The van der Waals surface area contributed by atoms with Crippen LogP contribution in [-0.2, 0) is 24.6 Å². The fraction of sp³-hybridized carbons (Fsp3) is 0.368. The molecule has 9 heteroatoms. The fourth-order valence-electron chi connectivity index (χ4n) is 9.58. The van der Waals surface area contributed by atoms with E-state index in [0.29, 0.717) is 21.8 Å². The number of anilines is 1. The van der Waals surface area contributed by atoms with Crippen molar-refractivity contribution in [3.63, 3.8) is 0 Å². The van der Waals surface area contributed by atoms with Crippen LogP contribution >= 0.6 is 11.6 Å². The second-order valence-corrected chi connectivity index (χ2v) is 14.0. The van der Waals surface area contributed by atoms with Gasteiger partial charge < -0.3 is 5.11 Å². The van der Waals surface area contributed by atoms with Crippen LogP contribution in [-0.4, -0.2) is 39.7 Å². The summed E-state index contributed by atoms with van der Waals surface area (Å²) in [5.74, 6) is -6.61. The summed E-state index contributed by atoms with van der Waals surface area (Å²) >= 11 is 6.35. The van der Waals surface area contributed by atoms with Gasteiger partial charge in [0.1, 0.15) is 0 Å². The number of imide groups is 2. The molecule has 0 aromatic heterocycles. The molecule has 2 saturated carbocycles. The van der Waals surface area contributed by atoms with E-state index in [1.54, 1.807) is 54.6 Å². The lowest BCUT2D eigenvalue weighted by Gasteiger charge is -2.50. The highest BCUT2D eigenvalue weighted by molar-refractivity contribution is 6.32. The first-order valence-electron chi connectivity index (χ1n) is 16.5. The van der Waals surface area contributed by atoms with Gasteiger partial charge in [0.25, 0.3) is 0 Å². The van der Waals surface area contributed by atoms with Crippen molar-refractivity contribution >= 4 is 40.9 Å². The third-order valence-electron chi connectivity index (χ3n) is 11.5. The van der Waals surface area contributed by atoms with Gasteiger partial charge in [0.15, 0.2) is 11.6 Å². The highest BCUT2D eigenvalue weighted by atomic mass is 35.5. The molecule has 2 aliphatic heterocycles. The standard InChI is InChI=1S/C38H34ClFN2O5/c39-22-11-7-14-24(19-22)42-35(45)29-20-28-25(17-18-26-31(28)36(46)41(34(26)44)23-12-5-2-6-13-23)32(27-15-8-16-30(40)33(27)43)38(29,37(42)47)21-9-3-1-4-10-21/h1,3-4,7-11,14-17,19,23,26,28-29,31-32,43H,2,5-6,12-13,18,20H2/t26-,28+,29-,31-,32+,38+/m0/s1. The van der Waals surface area contributed by atoms with E-state index in [4.69, 9.17) is 11.6 Å². The average molecular weight is 653 g/mol. The van der Waals surface area contributed by atoms with Crippen molar-refractivity contribution < 1.29 is 28.7 Å². The summed E-state index contributed by atoms with van der Waals surface area (Å²) in [7, 11) is 0. The van der Waals surface area contributed by atoms with E-state index >= 15 is 9.18 Å². The minimum absolute atomic E-state index is 0.138. The molecule has 7 nitrogen and oxygen atoms in total. The van der Waals surface area contributed by atoms with E-state index in [0.717, 1.165) is 43.1 Å². The maximum absolute atomic E-state index is 15.2. The number of fused-ring (bicyclic) bond motifs is 4. The number of benzene rings is 3. The van der Waals surface area contributed by atoms with Crippen LogP contribution < -0.4 is 4.90 Å². The molecule has 4 amide bonds. The molecule has 2 saturated heterocycles. The number of phenols is 1. The van der Waals surface area contributed by atoms with E-state index in [2.05, 4.69) is 0 Å². The van der Waals surface area contributed by atoms with E-state index in [1.165, 1.54) is 11.0 Å². The van der Waals surface area contributed by atoms with Gasteiger partial charge in [-0.1, -0.05) is 91.0 Å². The van der Waals surface area contributed by atoms with E-state index < -0.39 is 58.4 Å². The smallest absolute Gasteiger partial charge is 0.246 e. The Labute approximate surface area is 277 Å². The summed E-state index contributed by atoms with van der Waals surface area (Å²) in [6, 6.07) is 19.6. The number of para-hydroxylation sites is 1. The molecule has 6 atom stereocenters. The first kappa shape index (κ1) is 30.1. The molecule has 8 rings (SSSR count). The van der Waals surface area contributed by atoms with Crippen LogP contribution in [0, 0.1) is 29.5 Å². The Balaban J connectivity index is 1.35. The van der Waals surface area contributed by atoms with Crippen LogP contribution in [0.3, 0.4) is 0 Å². The van der Waals surface area contributed by atoms with Crippen LogP contribution in [0.4, 0.5) is 10.1 Å². The Hall–Kier alpha value is -4.30. The molecule has 47 heavy (non-hydrogen) atoms. The molecule has 0 spiro atoms. The Bertz CT molecular complexity index is 1860. The molecule has 5 aliphatic rings. The van der Waals surface area contributed by atoms with Crippen molar-refractivity contribution in [3.05, 3.63) is 106 Å². The van der Waals surface area contributed by atoms with Gasteiger partial charge in [0, 0.05) is 22.5 Å². The van der Waals surface area contributed by atoms with Crippen molar-refractivity contribution in [2.45, 2.75) is 62.3 Å². The number of carbonyl (C=O) groups is 4. The van der Waals surface area contributed by atoms with Gasteiger partial charge in [0.05, 0.1) is 28.9 Å². The Kier molecular flexibility index (Phi) is 7.13. The van der Waals surface area contributed by atoms with Crippen LogP contribution in [0.25, 0.3) is 0 Å². The first-order valence-corrected chi connectivity index (χ1v) is 16.9. The van der Waals surface area contributed by atoms with Crippen molar-refractivity contribution in [2.75, 3.05) is 4.90 Å². The van der Waals surface area contributed by atoms with E-state index in [1.807, 2.05) is 12.1 Å². The predicted molar refractivity (Wildman–Crippen MR) is 173 cm³/mol. The largest absolute Gasteiger partial charge is 0.505 e. The van der Waals surface area contributed by atoms with Crippen molar-refractivity contribution in [2.24, 2.45) is 23.7 Å². The third kappa shape index (κ3) is 4.23. The lowest BCUT2D eigenvalue weighted by Crippen LogP contribution is -2.53. The molecule has 3 aromatic carbocycles. The maximum Gasteiger partial charge on any atom is 0.246 e. The van der Waals surface area contributed by atoms with E-state index in [9.17, 15) is 19.5 Å². The first-order chi connectivity index (χ1) is 22.7. The monoisotopic (exact) mass is 652 g/mol. The van der Waals surface area contributed by atoms with Crippen molar-refractivity contribution in [1.82, 2.24) is 4.90 Å². The average Bonchev–Trinajstić information content (AvgIpc) is 3.47. The maximum atomic E-state index is 15.2. The van der Waals surface area contributed by atoms with Crippen LogP contribution in [0.5, 0.6) is 5.75 Å². The van der Waals surface area contributed by atoms with Crippen LogP contribution in [0.15, 0.2) is 84.4 Å². The Morgan fingerprint density at radius 2 is 1.57 bits per heavy atom. The number of hydrogen-bond acceptors (Lipinski definition) is 5. The number of nitrogens with zero attached hydrogens (tertiary/aromatic N) is 2. The number of allylic oxidation sites excluding steroid dienone is 2. The van der Waals surface area contributed by atoms with Crippen molar-refractivity contribution in [1.29, 1.82) is 0 Å². The highest BCUT2D eigenvalue weighted by Crippen LogP contribution is 2.65. The zero-order chi connectivity index (χ0) is 32.6. The van der Waals surface area contributed by atoms with E-state index in [-0.39, 0.29) is 36.3 Å². The number of likely N-dealkylation sites (tertiary alicyclic amines) is 1. The molecule has 0 bridgehead atoms. The molecule has 0 unspecified atom stereocenters. The Morgan fingerprint density at radius 3 is 2.32 bits per heavy atom. The number of carbonyl (C=O) groups excluding carboxylic acids is 4. The van der Waals surface area contributed by atoms with Gasteiger partial charge in [-0.05, 0) is 61.4 Å². The number of aromatic hydroxyl groups is 1. The third-order valence-corrected chi connectivity index (χ3v) is 11.7. The molecule has 0 radical (unpaired) electrons. The summed E-state index contributed by atoms with van der Waals surface area (Å²) in [4.78, 5) is 60.9. The van der Waals surface area contributed by atoms with Gasteiger partial charge in [-0.15, -0.1) is 0 Å². The zero-order valence-corrected chi connectivity index (χ0v) is 26.4. The Morgan fingerprint density at radius 1 is 0.830 bits per heavy atom. The topological polar surface area (TPSA) is 95.0 Å². The minimum Gasteiger partial charge on any atom is -0.505 e. The van der Waals surface area contributed by atoms with Crippen molar-refractivity contribution in [3.8, 4) is 5.75 Å². The summed E-state index contributed by atoms with van der Waals surface area (Å²) in [5.41, 5.74) is 0.150. The minimum atomic E-state index is -1.57. The lowest BCUT2D eigenvalue weighted by atomic mass is 9.49. The molecule has 3 aliphatic carbocycles. The molecular formula is C38H34ClFN2O5. The molecule has 2 heterocycles. The lowest BCUT2D eigenvalue weighted by molar-refractivity contribution is -0.143. The van der Waals surface area contributed by atoms with Gasteiger partial charge in [-0.25, -0.2) is 9.29 Å². The van der Waals surface area contributed by atoms with Crippen LogP contribution in [0.1, 0.15) is 62.0 Å². The second-order valence-electron chi connectivity index (χ2n) is 13.6. The fourth-order valence-corrected chi connectivity index (χ4v) is 9.76. The SMILES string of the molecule is O=C1[C@@H]2C[C@@H]3C(=CC[C@@H]4C(=O)N(C5CCCCC5)C(=O)[C@@H]43)[C@H](c3cccc(F)c3O)[C@]2(c2ccccc2)C(=O)N1c1cccc(Cl)c1. The number of halogens is 2. The number of phenolic OH excluding ortho intramolecular Hbond substituents is 1. The molecular weight excluding hydrogens is 619 g/mol. The summed E-state index contributed by atoms with van der Waals surface area (Å²) < 4.78 is 15.2. The van der Waals surface area contributed by atoms with Gasteiger partial charge >= 0.3 is 0 Å². The summed E-state index contributed by atoms with van der Waals surface area (Å²) in [6.45, 7) is 0. The van der Waals surface area contributed by atoms with Gasteiger partial charge in [-0.2, -0.15) is 0 Å². The predicted octanol–water partition coefficient (Wildman–Crippen LogP) is 6.68. The van der Waals surface area contributed by atoms with Crippen LogP contribution in [0.2, 0.25) is 5.02 Å². The summed E-state index contributed by atoms with van der Waals surface area (Å²) in [5, 5.41) is 11.7. The molecule has 240 valence electrons. The number of rotatable bonds is 4. The normalized spacial score (nSPS) is 30.7. The summed E-state index contributed by atoms with van der Waals surface area (Å²) in [6.07, 6.45) is 6.92. The molecule has 3 aromatic rings. The van der Waals surface area contributed by atoms with Gasteiger partial charge in [-0.3, -0.25) is 24.1 Å². The molecule has 4 fully saturated rings. The molecule has 1 N–H and O–H groups in total. The second kappa shape index (κ2) is 11.2. The highest BCUT2D eigenvalue weighted by Gasteiger charge is 2.70. The van der Waals surface area contributed by atoms with Gasteiger partial charge in [0.2, 0.25) is 23.6 Å². The zero-order valence-electron chi connectivity index (χ0n) is 25.6. The number of amides is 4.